The van der Waals surface area contributed by atoms with Crippen LogP contribution in [0.15, 0.2) is 12.3 Å². The second-order valence-electron chi connectivity index (χ2n) is 2.70. The van der Waals surface area contributed by atoms with Crippen LogP contribution in [0.3, 0.4) is 0 Å². The summed E-state index contributed by atoms with van der Waals surface area (Å²) in [7, 11) is 2.91. The minimum absolute atomic E-state index is 0.116. The Labute approximate surface area is 91.6 Å². The number of aromatic nitrogens is 1. The summed E-state index contributed by atoms with van der Waals surface area (Å²) in [5.41, 5.74) is 0.376. The van der Waals surface area contributed by atoms with Gasteiger partial charge in [0.15, 0.2) is 6.29 Å². The zero-order valence-corrected chi connectivity index (χ0v) is 8.99. The van der Waals surface area contributed by atoms with Gasteiger partial charge in [-0.1, -0.05) is 11.6 Å². The van der Waals surface area contributed by atoms with Gasteiger partial charge in [-0.2, -0.15) is 0 Å². The monoisotopic (exact) mass is 231 g/mol. The van der Waals surface area contributed by atoms with Crippen LogP contribution >= 0.6 is 11.6 Å². The largest absolute Gasteiger partial charge is 0.477 e. The minimum Gasteiger partial charge on any atom is -0.477 e. The molecule has 1 rings (SSSR count). The molecule has 82 valence electrons. The van der Waals surface area contributed by atoms with Crippen LogP contribution in [0.25, 0.3) is 0 Å². The molecule has 0 saturated carbocycles. The van der Waals surface area contributed by atoms with Gasteiger partial charge in [0.05, 0.1) is 5.02 Å². The van der Waals surface area contributed by atoms with Crippen molar-refractivity contribution in [3.63, 3.8) is 0 Å². The van der Waals surface area contributed by atoms with E-state index in [1.54, 1.807) is 0 Å². The zero-order chi connectivity index (χ0) is 11.4. The lowest BCUT2D eigenvalue weighted by Gasteiger charge is -2.14. The van der Waals surface area contributed by atoms with Crippen molar-refractivity contribution < 1.29 is 19.4 Å². The topological polar surface area (TPSA) is 68.7 Å². The van der Waals surface area contributed by atoms with Gasteiger partial charge in [0.25, 0.3) is 0 Å². The zero-order valence-electron chi connectivity index (χ0n) is 8.23. The van der Waals surface area contributed by atoms with Gasteiger partial charge in [0, 0.05) is 26.0 Å². The van der Waals surface area contributed by atoms with Crippen molar-refractivity contribution in [3.8, 4) is 0 Å². The average molecular weight is 232 g/mol. The van der Waals surface area contributed by atoms with E-state index in [1.165, 1.54) is 26.5 Å². The van der Waals surface area contributed by atoms with Crippen molar-refractivity contribution in [3.05, 3.63) is 28.5 Å². The Balaban J connectivity index is 3.07. The number of methoxy groups -OCH3 is 2. The molecule has 0 aliphatic carbocycles. The molecular formula is C9H10ClNO4. The van der Waals surface area contributed by atoms with Gasteiger partial charge in [-0.25, -0.2) is 9.78 Å². The van der Waals surface area contributed by atoms with Crippen LogP contribution in [0.5, 0.6) is 0 Å². The van der Waals surface area contributed by atoms with Gasteiger partial charge >= 0.3 is 5.97 Å². The van der Waals surface area contributed by atoms with Gasteiger partial charge in [0.1, 0.15) is 5.69 Å². The third kappa shape index (κ3) is 2.65. The van der Waals surface area contributed by atoms with Crippen molar-refractivity contribution in [2.75, 3.05) is 14.2 Å². The lowest BCUT2D eigenvalue weighted by atomic mass is 10.2. The fraction of sp³-hybridized carbons (Fsp3) is 0.333. The highest BCUT2D eigenvalue weighted by Gasteiger charge is 2.16. The number of carbonyl (C=O) groups is 1. The number of carboxylic acid groups (broad SMARTS) is 1. The smallest absolute Gasteiger partial charge is 0.354 e. The molecule has 0 aliphatic heterocycles. The van der Waals surface area contributed by atoms with Gasteiger partial charge in [0.2, 0.25) is 0 Å². The summed E-state index contributed by atoms with van der Waals surface area (Å²) in [4.78, 5) is 14.3. The number of pyridine rings is 1. The van der Waals surface area contributed by atoms with Crippen molar-refractivity contribution in [1.82, 2.24) is 4.98 Å². The van der Waals surface area contributed by atoms with Gasteiger partial charge in [-0.3, -0.25) is 0 Å². The van der Waals surface area contributed by atoms with Crippen molar-refractivity contribution in [2.24, 2.45) is 0 Å². The van der Waals surface area contributed by atoms with Crippen LogP contribution in [0.1, 0.15) is 22.3 Å². The minimum atomic E-state index is -1.13. The van der Waals surface area contributed by atoms with E-state index in [2.05, 4.69) is 4.98 Å². The summed E-state index contributed by atoms with van der Waals surface area (Å²) in [5.74, 6) is -1.13. The van der Waals surface area contributed by atoms with E-state index < -0.39 is 12.3 Å². The van der Waals surface area contributed by atoms with Crippen molar-refractivity contribution in [1.29, 1.82) is 0 Å². The van der Waals surface area contributed by atoms with E-state index in [9.17, 15) is 4.79 Å². The second-order valence-corrected chi connectivity index (χ2v) is 3.11. The third-order valence-corrected chi connectivity index (χ3v) is 2.11. The van der Waals surface area contributed by atoms with Gasteiger partial charge in [-0.15, -0.1) is 0 Å². The molecule has 5 nitrogen and oxygen atoms in total. The highest BCUT2D eigenvalue weighted by Crippen LogP contribution is 2.25. The number of carboxylic acids is 1. The van der Waals surface area contributed by atoms with Crippen LogP contribution in [0.2, 0.25) is 5.02 Å². The molecule has 0 saturated heterocycles. The average Bonchev–Trinajstić information content (AvgIpc) is 2.21. The lowest BCUT2D eigenvalue weighted by Crippen LogP contribution is -2.07. The Morgan fingerprint density at radius 3 is 2.53 bits per heavy atom. The molecule has 0 spiro atoms. The molecule has 0 atom stereocenters. The Morgan fingerprint density at radius 2 is 2.13 bits per heavy atom. The summed E-state index contributed by atoms with van der Waals surface area (Å²) in [6.07, 6.45) is 0.677. The number of rotatable bonds is 4. The second kappa shape index (κ2) is 5.06. The van der Waals surface area contributed by atoms with Crippen molar-refractivity contribution in [2.45, 2.75) is 6.29 Å². The van der Waals surface area contributed by atoms with Crippen LogP contribution in [0, 0.1) is 0 Å². The highest BCUT2D eigenvalue weighted by molar-refractivity contribution is 6.31. The number of aromatic carboxylic acids is 1. The maximum absolute atomic E-state index is 10.6. The molecule has 1 aromatic heterocycles. The van der Waals surface area contributed by atoms with E-state index in [0.29, 0.717) is 5.56 Å². The lowest BCUT2D eigenvalue weighted by molar-refractivity contribution is -0.106. The number of nitrogens with zero attached hydrogens (tertiary/aromatic N) is 1. The Morgan fingerprint density at radius 1 is 1.53 bits per heavy atom. The Kier molecular flexibility index (Phi) is 4.02. The van der Waals surface area contributed by atoms with Crippen LogP contribution in [-0.2, 0) is 9.47 Å². The van der Waals surface area contributed by atoms with Gasteiger partial charge in [-0.05, 0) is 6.07 Å². The fourth-order valence-electron chi connectivity index (χ4n) is 1.08. The molecule has 6 heteroatoms. The first-order chi connectivity index (χ1) is 7.10. The number of hydrogen-bond donors (Lipinski definition) is 1. The fourth-order valence-corrected chi connectivity index (χ4v) is 1.32. The molecule has 0 bridgehead atoms. The molecule has 0 unspecified atom stereocenters. The van der Waals surface area contributed by atoms with E-state index in [0.717, 1.165) is 0 Å². The van der Waals surface area contributed by atoms with Crippen LogP contribution < -0.4 is 0 Å². The summed E-state index contributed by atoms with van der Waals surface area (Å²) in [6.45, 7) is 0. The normalized spacial score (nSPS) is 10.7. The standard InChI is InChI=1S/C9H10ClNO4/c1-14-9(15-2)5-4-11-7(8(12)13)3-6(5)10/h3-4,9H,1-2H3,(H,12,13). The van der Waals surface area contributed by atoms with E-state index in [-0.39, 0.29) is 10.7 Å². The quantitative estimate of drug-likeness (QED) is 0.800. The molecule has 0 fully saturated rings. The van der Waals surface area contributed by atoms with E-state index in [1.807, 2.05) is 0 Å². The maximum atomic E-state index is 10.6. The summed E-state index contributed by atoms with van der Waals surface area (Å²) < 4.78 is 9.95. The van der Waals surface area contributed by atoms with Gasteiger partial charge < -0.3 is 14.6 Å². The summed E-state index contributed by atoms with van der Waals surface area (Å²) in [5, 5.41) is 8.92. The first-order valence-corrected chi connectivity index (χ1v) is 4.42. The summed E-state index contributed by atoms with van der Waals surface area (Å²) in [6, 6.07) is 1.25. The molecular weight excluding hydrogens is 222 g/mol. The van der Waals surface area contributed by atoms with E-state index >= 15 is 0 Å². The molecule has 0 aliphatic rings. The van der Waals surface area contributed by atoms with Crippen LogP contribution in [0.4, 0.5) is 0 Å². The Hall–Kier alpha value is -1.17. The summed E-state index contributed by atoms with van der Waals surface area (Å²) >= 11 is 5.86. The molecule has 1 aromatic rings. The first kappa shape index (κ1) is 11.9. The van der Waals surface area contributed by atoms with E-state index in [4.69, 9.17) is 26.2 Å². The first-order valence-electron chi connectivity index (χ1n) is 4.04. The van der Waals surface area contributed by atoms with Crippen LogP contribution in [-0.4, -0.2) is 30.3 Å². The molecule has 15 heavy (non-hydrogen) atoms. The predicted molar refractivity (Wildman–Crippen MR) is 53.0 cm³/mol. The maximum Gasteiger partial charge on any atom is 0.354 e. The molecule has 1 N–H and O–H groups in total. The number of hydrogen-bond acceptors (Lipinski definition) is 4. The third-order valence-electron chi connectivity index (χ3n) is 1.78. The molecule has 0 amide bonds. The van der Waals surface area contributed by atoms with Crippen molar-refractivity contribution >= 4 is 17.6 Å². The molecule has 0 radical (unpaired) electrons. The highest BCUT2D eigenvalue weighted by atomic mass is 35.5. The number of halogens is 1. The number of ether oxygens (including phenoxy) is 2. The SMILES string of the molecule is COC(OC)c1cnc(C(=O)O)cc1Cl. The predicted octanol–water partition coefficient (Wildman–Crippen LogP) is 1.72. The molecule has 0 aromatic carbocycles. The Bertz CT molecular complexity index is 365. The molecule has 1 heterocycles.